The lowest BCUT2D eigenvalue weighted by Crippen LogP contribution is -2.25. The fraction of sp³-hybridized carbons (Fsp3) is 0.200. The van der Waals surface area contributed by atoms with Crippen LogP contribution < -0.4 is 10.1 Å². The molecule has 0 unspecified atom stereocenters. The van der Waals surface area contributed by atoms with E-state index in [-0.39, 0.29) is 12.3 Å². The fourth-order valence-corrected chi connectivity index (χ4v) is 3.97. The molecule has 1 aromatic heterocycles. The van der Waals surface area contributed by atoms with Gasteiger partial charge in [-0.3, -0.25) is 9.59 Å². The maximum Gasteiger partial charge on any atom is 0.303 e. The molecule has 0 bridgehead atoms. The number of hydrogen-bond acceptors (Lipinski definition) is 3. The number of H-pyrrole nitrogens is 1. The van der Waals surface area contributed by atoms with Crippen molar-refractivity contribution in [3.05, 3.63) is 102 Å². The largest absolute Gasteiger partial charge is 0.489 e. The van der Waals surface area contributed by atoms with Gasteiger partial charge in [-0.2, -0.15) is 0 Å². The van der Waals surface area contributed by atoms with Gasteiger partial charge in [0, 0.05) is 24.2 Å². The van der Waals surface area contributed by atoms with Gasteiger partial charge in [-0.1, -0.05) is 79.2 Å². The molecule has 0 saturated carbocycles. The van der Waals surface area contributed by atoms with E-state index in [9.17, 15) is 9.59 Å². The quantitative estimate of drug-likeness (QED) is 0.207. The number of carbonyl (C=O) groups excluding carboxylic acids is 1. The number of amides is 1. The van der Waals surface area contributed by atoms with Crippen LogP contribution in [0.4, 0.5) is 0 Å². The fourth-order valence-electron chi connectivity index (χ4n) is 3.97. The monoisotopic (exact) mass is 482 g/mol. The zero-order valence-electron chi connectivity index (χ0n) is 20.1. The Morgan fingerprint density at radius 1 is 0.806 bits per heavy atom. The molecule has 0 atom stereocenters. The van der Waals surface area contributed by atoms with Crippen molar-refractivity contribution >= 4 is 11.9 Å². The summed E-state index contributed by atoms with van der Waals surface area (Å²) in [6, 6.07) is 29.6. The van der Waals surface area contributed by atoms with Gasteiger partial charge in [0.05, 0.1) is 0 Å². The number of benzene rings is 3. The third kappa shape index (κ3) is 6.85. The summed E-state index contributed by atoms with van der Waals surface area (Å²) in [6.45, 7) is 0.979. The van der Waals surface area contributed by atoms with Gasteiger partial charge >= 0.3 is 5.97 Å². The molecule has 0 saturated heterocycles. The van der Waals surface area contributed by atoms with Crippen LogP contribution in [0.3, 0.4) is 0 Å². The second kappa shape index (κ2) is 12.4. The van der Waals surface area contributed by atoms with Crippen LogP contribution in [-0.4, -0.2) is 28.5 Å². The van der Waals surface area contributed by atoms with E-state index in [2.05, 4.69) is 10.3 Å². The van der Waals surface area contributed by atoms with Gasteiger partial charge in [0.15, 0.2) is 0 Å². The zero-order chi connectivity index (χ0) is 25.2. The molecule has 0 aliphatic carbocycles. The van der Waals surface area contributed by atoms with Crippen LogP contribution in [0.15, 0.2) is 91.0 Å². The topological polar surface area (TPSA) is 91.4 Å². The van der Waals surface area contributed by atoms with Crippen molar-refractivity contribution in [1.82, 2.24) is 10.3 Å². The van der Waals surface area contributed by atoms with Crippen molar-refractivity contribution in [2.24, 2.45) is 0 Å². The van der Waals surface area contributed by atoms with Crippen LogP contribution >= 0.6 is 0 Å². The second-order valence-electron chi connectivity index (χ2n) is 8.60. The van der Waals surface area contributed by atoms with Crippen molar-refractivity contribution in [2.45, 2.75) is 32.3 Å². The Hall–Kier alpha value is -4.32. The maximum absolute atomic E-state index is 13.1. The molecule has 6 heteroatoms. The van der Waals surface area contributed by atoms with Crippen LogP contribution in [0.25, 0.3) is 22.4 Å². The summed E-state index contributed by atoms with van der Waals surface area (Å²) in [5, 5.41) is 11.7. The van der Waals surface area contributed by atoms with Crippen molar-refractivity contribution in [1.29, 1.82) is 0 Å². The highest BCUT2D eigenvalue weighted by atomic mass is 16.5. The smallest absolute Gasteiger partial charge is 0.303 e. The molecule has 3 N–H and O–H groups in total. The summed E-state index contributed by atoms with van der Waals surface area (Å²) < 4.78 is 5.91. The first-order valence-corrected chi connectivity index (χ1v) is 12.2. The van der Waals surface area contributed by atoms with Crippen LogP contribution in [0, 0.1) is 0 Å². The third-order valence-corrected chi connectivity index (χ3v) is 5.90. The van der Waals surface area contributed by atoms with E-state index >= 15 is 0 Å². The van der Waals surface area contributed by atoms with Gasteiger partial charge in [-0.15, -0.1) is 0 Å². The molecule has 1 heterocycles. The van der Waals surface area contributed by atoms with E-state index in [4.69, 9.17) is 9.84 Å². The van der Waals surface area contributed by atoms with E-state index in [1.54, 1.807) is 0 Å². The van der Waals surface area contributed by atoms with Gasteiger partial charge in [-0.25, -0.2) is 0 Å². The predicted octanol–water partition coefficient (Wildman–Crippen LogP) is 6.30. The Labute approximate surface area is 211 Å². The highest BCUT2D eigenvalue weighted by Gasteiger charge is 2.18. The van der Waals surface area contributed by atoms with E-state index in [1.165, 1.54) is 0 Å². The Morgan fingerprint density at radius 2 is 1.50 bits per heavy atom. The normalized spacial score (nSPS) is 10.7. The van der Waals surface area contributed by atoms with E-state index in [1.807, 2.05) is 91.0 Å². The molecule has 0 aliphatic heterocycles. The van der Waals surface area contributed by atoms with Crippen molar-refractivity contribution in [3.63, 3.8) is 0 Å². The number of carbonyl (C=O) groups is 2. The first-order chi connectivity index (χ1) is 17.6. The number of nitrogens with one attached hydrogen (secondary N) is 2. The number of carboxylic acids is 1. The number of unbranched alkanes of at least 4 members (excludes halogenated alkanes) is 2. The zero-order valence-corrected chi connectivity index (χ0v) is 20.1. The molecule has 1 amide bonds. The number of ether oxygens (including phenoxy) is 1. The first kappa shape index (κ1) is 24.8. The van der Waals surface area contributed by atoms with Gasteiger partial charge in [0.1, 0.15) is 18.1 Å². The van der Waals surface area contributed by atoms with Gasteiger partial charge in [0.2, 0.25) is 0 Å². The molecule has 3 aromatic carbocycles. The van der Waals surface area contributed by atoms with Crippen LogP contribution in [0.2, 0.25) is 0 Å². The summed E-state index contributed by atoms with van der Waals surface area (Å²) in [7, 11) is 0. The van der Waals surface area contributed by atoms with Crippen molar-refractivity contribution in [3.8, 4) is 28.1 Å². The lowest BCUT2D eigenvalue weighted by Gasteiger charge is -2.09. The minimum absolute atomic E-state index is 0.153. The molecule has 184 valence electrons. The van der Waals surface area contributed by atoms with Crippen molar-refractivity contribution in [2.75, 3.05) is 6.54 Å². The Morgan fingerprint density at radius 3 is 2.19 bits per heavy atom. The maximum atomic E-state index is 13.1. The van der Waals surface area contributed by atoms with Crippen molar-refractivity contribution < 1.29 is 19.4 Å². The molecule has 6 nitrogen and oxygen atoms in total. The molecule has 36 heavy (non-hydrogen) atoms. The Bertz CT molecular complexity index is 1270. The van der Waals surface area contributed by atoms with Crippen LogP contribution in [0.5, 0.6) is 5.75 Å². The lowest BCUT2D eigenvalue weighted by molar-refractivity contribution is -0.137. The third-order valence-electron chi connectivity index (χ3n) is 5.90. The molecule has 0 fully saturated rings. The minimum atomic E-state index is -0.792. The second-order valence-corrected chi connectivity index (χ2v) is 8.60. The Kier molecular flexibility index (Phi) is 8.54. The summed E-state index contributed by atoms with van der Waals surface area (Å²) in [6.07, 6.45) is 2.24. The van der Waals surface area contributed by atoms with Crippen LogP contribution in [0.1, 0.15) is 41.7 Å². The van der Waals surface area contributed by atoms with E-state index < -0.39 is 5.97 Å². The number of aliphatic carboxylic acids is 1. The minimum Gasteiger partial charge on any atom is -0.489 e. The molecule has 0 radical (unpaired) electrons. The highest BCUT2D eigenvalue weighted by molar-refractivity contribution is 6.00. The standard InChI is InChI=1S/C30H30N2O4/c33-28(34)14-8-3-9-19-31-30(35)29-26(20-27(32-29)24-12-6-2-7-13-24)23-15-17-25(18-16-23)36-21-22-10-4-1-5-11-22/h1-2,4-7,10-13,15-18,20,32H,3,8-9,14,19,21H2,(H,31,35)(H,33,34). The average Bonchev–Trinajstić information content (AvgIpc) is 3.36. The predicted molar refractivity (Wildman–Crippen MR) is 141 cm³/mol. The highest BCUT2D eigenvalue weighted by Crippen LogP contribution is 2.31. The SMILES string of the molecule is O=C(O)CCCCCNC(=O)c1[nH]c(-c2ccccc2)cc1-c1ccc(OCc2ccccc2)cc1. The number of carboxylic acid groups (broad SMARTS) is 1. The average molecular weight is 483 g/mol. The number of aromatic nitrogens is 1. The van der Waals surface area contributed by atoms with Gasteiger partial charge in [0.25, 0.3) is 5.91 Å². The van der Waals surface area contributed by atoms with E-state index in [0.717, 1.165) is 46.5 Å². The van der Waals surface area contributed by atoms with Gasteiger partial charge in [-0.05, 0) is 47.7 Å². The molecule has 4 aromatic rings. The Balaban J connectivity index is 1.48. The first-order valence-electron chi connectivity index (χ1n) is 12.2. The summed E-state index contributed by atoms with van der Waals surface area (Å²) >= 11 is 0. The summed E-state index contributed by atoms with van der Waals surface area (Å²) in [5.74, 6) is -0.219. The molecule has 0 spiro atoms. The number of hydrogen-bond donors (Lipinski definition) is 3. The summed E-state index contributed by atoms with van der Waals surface area (Å²) in [5.41, 5.74) is 5.17. The summed E-state index contributed by atoms with van der Waals surface area (Å²) in [4.78, 5) is 27.1. The number of rotatable bonds is 12. The van der Waals surface area contributed by atoms with Gasteiger partial charge < -0.3 is 20.1 Å². The molecule has 0 aliphatic rings. The molecule has 4 rings (SSSR count). The number of aromatic amines is 1. The molecular formula is C30H30N2O4. The van der Waals surface area contributed by atoms with Crippen LogP contribution in [-0.2, 0) is 11.4 Å². The molecular weight excluding hydrogens is 452 g/mol. The van der Waals surface area contributed by atoms with E-state index in [0.29, 0.717) is 25.3 Å². The lowest BCUT2D eigenvalue weighted by atomic mass is 10.0.